The maximum absolute atomic E-state index is 5.90. The van der Waals surface area contributed by atoms with Gasteiger partial charge >= 0.3 is 0 Å². The molecule has 1 aliphatic carbocycles. The largest absolute Gasteiger partial charge is 0.462 e. The topological polar surface area (TPSA) is 43.0 Å². The summed E-state index contributed by atoms with van der Waals surface area (Å²) in [6, 6.07) is 4.84. The van der Waals surface area contributed by atoms with Crippen LogP contribution in [-0.4, -0.2) is 15.8 Å². The van der Waals surface area contributed by atoms with Crippen molar-refractivity contribution < 1.29 is 4.42 Å². The van der Waals surface area contributed by atoms with E-state index in [-0.39, 0.29) is 0 Å². The van der Waals surface area contributed by atoms with Crippen molar-refractivity contribution in [2.45, 2.75) is 45.8 Å². The van der Waals surface area contributed by atoms with Crippen molar-refractivity contribution in [2.75, 3.05) is 0 Å². The summed E-state index contributed by atoms with van der Waals surface area (Å²) in [6.07, 6.45) is 4.43. The number of rotatable bonds is 5. The Kier molecular flexibility index (Phi) is 2.96. The van der Waals surface area contributed by atoms with E-state index in [1.54, 1.807) is 0 Å². The summed E-state index contributed by atoms with van der Waals surface area (Å²) in [5.41, 5.74) is 2.38. The molecule has 3 rings (SSSR count). The van der Waals surface area contributed by atoms with Gasteiger partial charge in [-0.15, -0.1) is 0 Å². The molecule has 0 aromatic carbocycles. The predicted molar refractivity (Wildman–Crippen MR) is 69.4 cm³/mol. The summed E-state index contributed by atoms with van der Waals surface area (Å²) < 4.78 is 7.85. The number of nitrogens with one attached hydrogen (secondary N) is 1. The Balaban J connectivity index is 1.68. The Bertz CT molecular complexity index is 537. The van der Waals surface area contributed by atoms with Gasteiger partial charge in [0.1, 0.15) is 11.5 Å². The molecule has 2 aromatic rings. The second-order valence-corrected chi connectivity index (χ2v) is 5.10. The predicted octanol–water partition coefficient (Wildman–Crippen LogP) is 2.39. The van der Waals surface area contributed by atoms with Crippen molar-refractivity contribution in [3.8, 4) is 0 Å². The standard InChI is InChI=1S/C14H19N3O/c1-10-7-13(9-17-11(2)5-6-16-17)18-14(10)8-15-12-3-4-12/h5-7,12,15H,3-4,8-9H2,1-2H3. The lowest BCUT2D eigenvalue weighted by Crippen LogP contribution is -2.15. The first kappa shape index (κ1) is 11.5. The highest BCUT2D eigenvalue weighted by atomic mass is 16.3. The normalized spacial score (nSPS) is 15.2. The Morgan fingerprint density at radius 2 is 2.28 bits per heavy atom. The van der Waals surface area contributed by atoms with Gasteiger partial charge in [-0.05, 0) is 44.4 Å². The van der Waals surface area contributed by atoms with Gasteiger partial charge in [-0.3, -0.25) is 4.68 Å². The van der Waals surface area contributed by atoms with Gasteiger partial charge in [0, 0.05) is 17.9 Å². The highest BCUT2D eigenvalue weighted by molar-refractivity contribution is 5.20. The van der Waals surface area contributed by atoms with Gasteiger partial charge in [0.25, 0.3) is 0 Å². The van der Waals surface area contributed by atoms with Gasteiger partial charge in [-0.25, -0.2) is 0 Å². The first-order valence-electron chi connectivity index (χ1n) is 6.52. The molecule has 0 atom stereocenters. The molecule has 0 spiro atoms. The fourth-order valence-electron chi connectivity index (χ4n) is 2.08. The third kappa shape index (κ3) is 2.48. The van der Waals surface area contributed by atoms with Crippen molar-refractivity contribution in [3.63, 3.8) is 0 Å². The summed E-state index contributed by atoms with van der Waals surface area (Å²) >= 11 is 0. The molecule has 0 bridgehead atoms. The molecule has 1 aliphatic rings. The summed E-state index contributed by atoms with van der Waals surface area (Å²) in [5.74, 6) is 2.04. The van der Waals surface area contributed by atoms with Crippen LogP contribution >= 0.6 is 0 Å². The molecule has 1 saturated carbocycles. The zero-order valence-corrected chi connectivity index (χ0v) is 10.9. The van der Waals surface area contributed by atoms with E-state index in [4.69, 9.17) is 4.42 Å². The van der Waals surface area contributed by atoms with Gasteiger partial charge in [-0.1, -0.05) is 0 Å². The number of nitrogens with zero attached hydrogens (tertiary/aromatic N) is 2. The Morgan fingerprint density at radius 1 is 1.44 bits per heavy atom. The summed E-state index contributed by atoms with van der Waals surface area (Å²) in [4.78, 5) is 0. The van der Waals surface area contributed by atoms with Crippen LogP contribution in [0.2, 0.25) is 0 Å². The first-order valence-corrected chi connectivity index (χ1v) is 6.52. The summed E-state index contributed by atoms with van der Waals surface area (Å²) in [7, 11) is 0. The summed E-state index contributed by atoms with van der Waals surface area (Å²) in [6.45, 7) is 5.71. The minimum absolute atomic E-state index is 0.711. The first-order chi connectivity index (χ1) is 8.72. The zero-order chi connectivity index (χ0) is 12.5. The lowest BCUT2D eigenvalue weighted by molar-refractivity contribution is 0.426. The van der Waals surface area contributed by atoms with Crippen molar-refractivity contribution in [1.82, 2.24) is 15.1 Å². The number of hydrogen-bond donors (Lipinski definition) is 1. The van der Waals surface area contributed by atoms with E-state index in [1.165, 1.54) is 18.4 Å². The van der Waals surface area contributed by atoms with E-state index in [2.05, 4.69) is 30.3 Å². The molecule has 1 N–H and O–H groups in total. The molecule has 4 nitrogen and oxygen atoms in total. The fourth-order valence-corrected chi connectivity index (χ4v) is 2.08. The van der Waals surface area contributed by atoms with Crippen LogP contribution in [0.15, 0.2) is 22.7 Å². The van der Waals surface area contributed by atoms with Gasteiger partial charge in [-0.2, -0.15) is 5.10 Å². The number of furan rings is 1. The van der Waals surface area contributed by atoms with Crippen LogP contribution in [0.4, 0.5) is 0 Å². The van der Waals surface area contributed by atoms with Crippen molar-refractivity contribution >= 4 is 0 Å². The third-order valence-corrected chi connectivity index (χ3v) is 3.43. The average Bonchev–Trinajstić information content (AvgIpc) is 3.00. The van der Waals surface area contributed by atoms with E-state index >= 15 is 0 Å². The lowest BCUT2D eigenvalue weighted by atomic mass is 10.2. The highest BCUT2D eigenvalue weighted by Crippen LogP contribution is 2.21. The van der Waals surface area contributed by atoms with Crippen LogP contribution in [0.5, 0.6) is 0 Å². The molecule has 1 fully saturated rings. The van der Waals surface area contributed by atoms with Crippen molar-refractivity contribution in [3.05, 3.63) is 41.1 Å². The molecule has 2 heterocycles. The minimum Gasteiger partial charge on any atom is -0.462 e. The molecular weight excluding hydrogens is 226 g/mol. The van der Waals surface area contributed by atoms with Crippen LogP contribution in [0.3, 0.4) is 0 Å². The van der Waals surface area contributed by atoms with Crippen LogP contribution in [0.25, 0.3) is 0 Å². The number of hydrogen-bond acceptors (Lipinski definition) is 3. The van der Waals surface area contributed by atoms with Crippen LogP contribution in [0.1, 0.15) is 35.6 Å². The maximum Gasteiger partial charge on any atom is 0.126 e. The average molecular weight is 245 g/mol. The Labute approximate surface area is 107 Å². The molecule has 4 heteroatoms. The molecule has 18 heavy (non-hydrogen) atoms. The maximum atomic E-state index is 5.90. The molecule has 0 saturated heterocycles. The zero-order valence-electron chi connectivity index (χ0n) is 10.9. The fraction of sp³-hybridized carbons (Fsp3) is 0.500. The number of aryl methyl sites for hydroxylation is 2. The minimum atomic E-state index is 0.711. The van der Waals surface area contributed by atoms with Crippen LogP contribution in [0, 0.1) is 13.8 Å². The molecule has 0 amide bonds. The second-order valence-electron chi connectivity index (χ2n) is 5.10. The van der Waals surface area contributed by atoms with E-state index < -0.39 is 0 Å². The molecule has 96 valence electrons. The molecule has 0 aliphatic heterocycles. The molecule has 0 radical (unpaired) electrons. The van der Waals surface area contributed by atoms with Gasteiger partial charge < -0.3 is 9.73 Å². The monoisotopic (exact) mass is 245 g/mol. The molecule has 2 aromatic heterocycles. The van der Waals surface area contributed by atoms with Gasteiger partial charge in [0.15, 0.2) is 0 Å². The van der Waals surface area contributed by atoms with Gasteiger partial charge in [0.05, 0.1) is 13.1 Å². The Hall–Kier alpha value is -1.55. The van der Waals surface area contributed by atoms with E-state index in [0.717, 1.165) is 23.8 Å². The van der Waals surface area contributed by atoms with Crippen LogP contribution < -0.4 is 5.32 Å². The third-order valence-electron chi connectivity index (χ3n) is 3.43. The molecule has 0 unspecified atom stereocenters. The summed E-state index contributed by atoms with van der Waals surface area (Å²) in [5, 5.41) is 7.76. The van der Waals surface area contributed by atoms with Gasteiger partial charge in [0.2, 0.25) is 0 Å². The second kappa shape index (κ2) is 4.61. The Morgan fingerprint density at radius 3 is 2.94 bits per heavy atom. The van der Waals surface area contributed by atoms with Crippen molar-refractivity contribution in [2.24, 2.45) is 0 Å². The lowest BCUT2D eigenvalue weighted by Gasteiger charge is -2.02. The van der Waals surface area contributed by atoms with E-state index in [9.17, 15) is 0 Å². The van der Waals surface area contributed by atoms with Crippen molar-refractivity contribution in [1.29, 1.82) is 0 Å². The highest BCUT2D eigenvalue weighted by Gasteiger charge is 2.21. The van der Waals surface area contributed by atoms with E-state index in [1.807, 2.05) is 16.9 Å². The van der Waals surface area contributed by atoms with Crippen LogP contribution in [-0.2, 0) is 13.1 Å². The quantitative estimate of drug-likeness (QED) is 0.879. The number of aromatic nitrogens is 2. The van der Waals surface area contributed by atoms with E-state index in [0.29, 0.717) is 12.6 Å². The SMILES string of the molecule is Cc1cc(Cn2nccc2C)oc1CNC1CC1. The smallest absolute Gasteiger partial charge is 0.126 e. The molecular formula is C14H19N3O.